The van der Waals surface area contributed by atoms with Gasteiger partial charge < -0.3 is 0 Å². The quantitative estimate of drug-likeness (QED) is 0.403. The Hall–Kier alpha value is -3.12. The topological polar surface area (TPSA) is 0 Å². The molecule has 2 aromatic rings. The molecule has 0 aliphatic heterocycles. The number of rotatable bonds is 6. The molecule has 0 atom stereocenters. The van der Waals surface area contributed by atoms with Gasteiger partial charge in [-0.1, -0.05) is 154 Å². The average Bonchev–Trinajstić information content (AvgIpc) is 3.03. The third kappa shape index (κ3) is 6.06. The lowest BCUT2D eigenvalue weighted by Crippen LogP contribution is -2.29. The maximum absolute atomic E-state index is 4.00. The molecule has 1 aliphatic rings. The highest BCUT2D eigenvalue weighted by atomic mass is 14.5. The molecule has 0 bridgehead atoms. The second-order valence-corrected chi connectivity index (χ2v) is 7.14. The Bertz CT molecular complexity index is 953. The molecule has 2 aromatic carbocycles. The third-order valence-electron chi connectivity index (χ3n) is 5.52. The highest BCUT2D eigenvalue weighted by molar-refractivity contribution is 5.78. The Kier molecular flexibility index (Phi) is 17.2. The Labute approximate surface area is 212 Å². The van der Waals surface area contributed by atoms with Crippen LogP contribution in [0.15, 0.2) is 132 Å². The predicted molar refractivity (Wildman–Crippen MR) is 161 cm³/mol. The van der Waals surface area contributed by atoms with Gasteiger partial charge >= 0.3 is 0 Å². The molecule has 0 spiro atoms. The normalized spacial score (nSPS) is 16.3. The molecule has 3 rings (SSSR count). The summed E-state index contributed by atoms with van der Waals surface area (Å²) >= 11 is 0. The SMILES string of the molecule is C.C.C.C.C.C=C/C=C1C(/C=C\C)=C(/C=C\CC)C(c2ccccc2)(c2ccccc2)C/1=C/C. The lowest BCUT2D eigenvalue weighted by atomic mass is 9.66. The summed E-state index contributed by atoms with van der Waals surface area (Å²) < 4.78 is 0. The molecule has 0 heteroatoms. The first kappa shape index (κ1) is 35.5. The molecule has 0 heterocycles. The van der Waals surface area contributed by atoms with Crippen molar-refractivity contribution in [3.05, 3.63) is 143 Å². The fourth-order valence-corrected chi connectivity index (χ4v) is 4.47. The maximum Gasteiger partial charge on any atom is 0.0710 e. The summed E-state index contributed by atoms with van der Waals surface area (Å²) in [7, 11) is 0. The summed E-state index contributed by atoms with van der Waals surface area (Å²) in [5, 5.41) is 0. The maximum atomic E-state index is 4.00. The highest BCUT2D eigenvalue weighted by Crippen LogP contribution is 2.56. The van der Waals surface area contributed by atoms with E-state index in [9.17, 15) is 0 Å². The molecule has 34 heavy (non-hydrogen) atoms. The monoisotopic (exact) mass is 458 g/mol. The van der Waals surface area contributed by atoms with Crippen LogP contribution in [0.3, 0.4) is 0 Å². The van der Waals surface area contributed by atoms with E-state index in [0.717, 1.165) is 6.42 Å². The van der Waals surface area contributed by atoms with Gasteiger partial charge in [0.2, 0.25) is 0 Å². The number of hydrogen-bond acceptors (Lipinski definition) is 0. The zero-order valence-electron chi connectivity index (χ0n) is 17.7. The van der Waals surface area contributed by atoms with E-state index in [1.165, 1.54) is 33.4 Å². The van der Waals surface area contributed by atoms with E-state index >= 15 is 0 Å². The van der Waals surface area contributed by atoms with Crippen molar-refractivity contribution in [1.29, 1.82) is 0 Å². The van der Waals surface area contributed by atoms with Crippen LogP contribution in [0.1, 0.15) is 75.5 Å². The van der Waals surface area contributed by atoms with Crippen molar-refractivity contribution >= 4 is 0 Å². The van der Waals surface area contributed by atoms with Crippen molar-refractivity contribution in [3.63, 3.8) is 0 Å². The largest absolute Gasteiger partial charge is 0.0990 e. The molecule has 0 radical (unpaired) electrons. The average molecular weight is 459 g/mol. The van der Waals surface area contributed by atoms with Crippen molar-refractivity contribution in [3.8, 4) is 0 Å². The number of benzene rings is 2. The Morgan fingerprint density at radius 3 is 1.65 bits per heavy atom. The first-order valence-electron chi connectivity index (χ1n) is 10.4. The summed E-state index contributed by atoms with van der Waals surface area (Å²) in [6.45, 7) is 10.4. The van der Waals surface area contributed by atoms with Gasteiger partial charge in [-0.15, -0.1) is 0 Å². The van der Waals surface area contributed by atoms with Crippen LogP contribution in [-0.4, -0.2) is 0 Å². The summed E-state index contributed by atoms with van der Waals surface area (Å²) in [6.07, 6.45) is 16.3. The minimum atomic E-state index is -0.355. The zero-order valence-corrected chi connectivity index (χ0v) is 17.7. The van der Waals surface area contributed by atoms with E-state index in [2.05, 4.69) is 124 Å². The fraction of sp³-hybridized carbons (Fsp3) is 0.294. The van der Waals surface area contributed by atoms with Gasteiger partial charge in [0.1, 0.15) is 0 Å². The summed E-state index contributed by atoms with van der Waals surface area (Å²) in [6, 6.07) is 21.7. The Morgan fingerprint density at radius 1 is 0.765 bits per heavy atom. The van der Waals surface area contributed by atoms with Gasteiger partial charge in [0.25, 0.3) is 0 Å². The molecule has 0 fully saturated rings. The van der Waals surface area contributed by atoms with Crippen molar-refractivity contribution in [2.45, 2.75) is 69.7 Å². The molecule has 0 saturated heterocycles. The van der Waals surface area contributed by atoms with Crippen molar-refractivity contribution in [2.75, 3.05) is 0 Å². The minimum Gasteiger partial charge on any atom is -0.0990 e. The molecular weight excluding hydrogens is 408 g/mol. The molecule has 186 valence electrons. The van der Waals surface area contributed by atoms with Gasteiger partial charge in [0.05, 0.1) is 5.41 Å². The molecule has 0 nitrogen and oxygen atoms in total. The second kappa shape index (κ2) is 16.5. The second-order valence-electron chi connectivity index (χ2n) is 7.14. The third-order valence-corrected chi connectivity index (χ3v) is 5.52. The van der Waals surface area contributed by atoms with Crippen LogP contribution in [0.2, 0.25) is 0 Å². The molecule has 0 saturated carbocycles. The van der Waals surface area contributed by atoms with Crippen LogP contribution < -0.4 is 0 Å². The highest BCUT2D eigenvalue weighted by Gasteiger charge is 2.47. The lowest BCUT2D eigenvalue weighted by Gasteiger charge is -2.35. The van der Waals surface area contributed by atoms with Gasteiger partial charge in [0.15, 0.2) is 0 Å². The molecular formula is C34H50. The van der Waals surface area contributed by atoms with Crippen LogP contribution in [0.25, 0.3) is 0 Å². The van der Waals surface area contributed by atoms with Crippen LogP contribution in [0, 0.1) is 0 Å². The number of hydrogen-bond donors (Lipinski definition) is 0. The summed E-state index contributed by atoms with van der Waals surface area (Å²) in [5.74, 6) is 0. The van der Waals surface area contributed by atoms with Gasteiger partial charge in [0, 0.05) is 0 Å². The van der Waals surface area contributed by atoms with Crippen LogP contribution >= 0.6 is 0 Å². The first-order chi connectivity index (χ1) is 14.2. The van der Waals surface area contributed by atoms with Gasteiger partial charge in [-0.25, -0.2) is 0 Å². The zero-order chi connectivity index (χ0) is 20.7. The molecule has 0 aromatic heterocycles. The van der Waals surface area contributed by atoms with Crippen molar-refractivity contribution in [1.82, 2.24) is 0 Å². The Balaban J connectivity index is -0.00000192. The molecule has 0 N–H and O–H groups in total. The lowest BCUT2D eigenvalue weighted by molar-refractivity contribution is 0.756. The summed E-state index contributed by atoms with van der Waals surface area (Å²) in [4.78, 5) is 0. The smallest absolute Gasteiger partial charge is 0.0710 e. The predicted octanol–water partition coefficient (Wildman–Crippen LogP) is 11.1. The molecule has 0 amide bonds. The summed E-state index contributed by atoms with van der Waals surface area (Å²) in [5.41, 5.74) is 7.33. The fourth-order valence-electron chi connectivity index (χ4n) is 4.47. The van der Waals surface area contributed by atoms with E-state index in [-0.39, 0.29) is 42.5 Å². The van der Waals surface area contributed by atoms with E-state index in [4.69, 9.17) is 0 Å². The first-order valence-corrected chi connectivity index (χ1v) is 10.4. The van der Waals surface area contributed by atoms with Crippen LogP contribution in [0.4, 0.5) is 0 Å². The van der Waals surface area contributed by atoms with Crippen molar-refractivity contribution < 1.29 is 0 Å². The van der Waals surface area contributed by atoms with Gasteiger partial charge in [-0.2, -0.15) is 0 Å². The van der Waals surface area contributed by atoms with Crippen LogP contribution in [-0.2, 0) is 5.41 Å². The number of allylic oxidation sites excluding steroid dienone is 11. The van der Waals surface area contributed by atoms with Gasteiger partial charge in [-0.05, 0) is 53.7 Å². The molecule has 1 aliphatic carbocycles. The van der Waals surface area contributed by atoms with E-state index < -0.39 is 0 Å². The van der Waals surface area contributed by atoms with Gasteiger partial charge in [-0.3, -0.25) is 0 Å². The van der Waals surface area contributed by atoms with Crippen LogP contribution in [0.5, 0.6) is 0 Å². The van der Waals surface area contributed by atoms with E-state index in [1.54, 1.807) is 0 Å². The van der Waals surface area contributed by atoms with E-state index in [0.29, 0.717) is 0 Å². The van der Waals surface area contributed by atoms with E-state index in [1.807, 2.05) is 6.08 Å². The van der Waals surface area contributed by atoms with Crippen molar-refractivity contribution in [2.24, 2.45) is 0 Å². The minimum absolute atomic E-state index is 0. The molecule has 0 unspecified atom stereocenters. The Morgan fingerprint density at radius 2 is 1.26 bits per heavy atom. The standard InChI is InChI=1S/C29H30.5CH4/c1-5-9-22-28-26(17-7-3)25(16-6-2)27(8-4)29(28,23-18-12-10-13-19-23)24-20-14-11-15-21-24;;;;;/h6-22H,2,5H2,1,3-4H3;5*1H4/b17-7-,22-9-,25-16-,27-8+;;;;;.